The highest BCUT2D eigenvalue weighted by atomic mass is 16.6. The van der Waals surface area contributed by atoms with Crippen LogP contribution < -0.4 is 9.47 Å². The summed E-state index contributed by atoms with van der Waals surface area (Å²) >= 11 is 0. The van der Waals surface area contributed by atoms with E-state index >= 15 is 0 Å². The molecule has 252 valence electrons. The maximum atomic E-state index is 6.58. The highest BCUT2D eigenvalue weighted by molar-refractivity contribution is 5.84. The van der Waals surface area contributed by atoms with Crippen molar-refractivity contribution in [2.24, 2.45) is 0 Å². The van der Waals surface area contributed by atoms with Gasteiger partial charge in [0.1, 0.15) is 0 Å². The Kier molecular flexibility index (Phi) is 7.05. The zero-order valence-electron chi connectivity index (χ0n) is 29.1. The quantitative estimate of drug-likeness (QED) is 0.180. The van der Waals surface area contributed by atoms with Gasteiger partial charge in [-0.1, -0.05) is 117 Å². The second kappa shape index (κ2) is 12.1. The Balaban J connectivity index is 1.01. The molecule has 0 spiro atoms. The van der Waals surface area contributed by atoms with Crippen LogP contribution in [-0.4, -0.2) is 19.9 Å². The molecule has 6 heteroatoms. The summed E-state index contributed by atoms with van der Waals surface area (Å²) in [7, 11) is 0. The van der Waals surface area contributed by atoms with E-state index in [-0.39, 0.29) is 5.41 Å². The number of nitrogens with zero attached hydrogens (tertiary/aromatic N) is 4. The van der Waals surface area contributed by atoms with Crippen molar-refractivity contribution < 1.29 is 9.47 Å². The summed E-state index contributed by atoms with van der Waals surface area (Å²) in [4.78, 5) is 19.5. The number of rotatable bonds is 5. The van der Waals surface area contributed by atoms with Gasteiger partial charge in [0.15, 0.2) is 40.5 Å². The summed E-state index contributed by atoms with van der Waals surface area (Å²) < 4.78 is 13.0. The minimum atomic E-state index is -0.135. The molecular formula is C47H32N4O2. The van der Waals surface area contributed by atoms with Crippen molar-refractivity contribution in [1.29, 1.82) is 0 Å². The maximum Gasteiger partial charge on any atom is 0.170 e. The third-order valence-corrected chi connectivity index (χ3v) is 10.2. The van der Waals surface area contributed by atoms with Gasteiger partial charge < -0.3 is 9.47 Å². The van der Waals surface area contributed by atoms with Crippen LogP contribution in [0, 0.1) is 0 Å². The van der Waals surface area contributed by atoms with Crippen molar-refractivity contribution >= 4 is 0 Å². The summed E-state index contributed by atoms with van der Waals surface area (Å²) in [5.41, 5.74) is 11.4. The smallest absolute Gasteiger partial charge is 0.170 e. The summed E-state index contributed by atoms with van der Waals surface area (Å²) in [6.45, 7) is 4.54. The molecule has 0 amide bonds. The number of pyridine rings is 1. The highest BCUT2D eigenvalue weighted by Crippen LogP contribution is 2.55. The molecule has 0 atom stereocenters. The molecule has 2 aliphatic rings. The molecule has 0 saturated heterocycles. The molecule has 0 N–H and O–H groups in total. The Morgan fingerprint density at radius 2 is 0.981 bits per heavy atom. The molecule has 3 heterocycles. The van der Waals surface area contributed by atoms with Crippen molar-refractivity contribution in [2.45, 2.75) is 19.3 Å². The van der Waals surface area contributed by atoms with Gasteiger partial charge >= 0.3 is 0 Å². The maximum absolute atomic E-state index is 6.58. The fourth-order valence-corrected chi connectivity index (χ4v) is 7.50. The standard InChI is InChI=1S/C47H32N4O2/c1-47(2)37-19-7-6-18-35(37)36-27-42-43(28-38(36)47)53-41-26-31(21-22-40(41)52-42)30-14-10-16-33(24-30)45-49-44(29-12-4-3-5-13-29)50-46(51-45)34-17-11-15-32(25-34)39-20-8-9-23-48-39/h3-28H,1-2H3. The minimum Gasteiger partial charge on any atom is -0.449 e. The topological polar surface area (TPSA) is 70.0 Å². The van der Waals surface area contributed by atoms with E-state index < -0.39 is 0 Å². The van der Waals surface area contributed by atoms with Gasteiger partial charge in [-0.15, -0.1) is 0 Å². The first-order chi connectivity index (χ1) is 26.0. The average Bonchev–Trinajstić information content (AvgIpc) is 3.44. The zero-order chi connectivity index (χ0) is 35.5. The van der Waals surface area contributed by atoms with Crippen LogP contribution in [0.15, 0.2) is 158 Å². The highest BCUT2D eigenvalue weighted by Gasteiger charge is 2.37. The Morgan fingerprint density at radius 3 is 1.75 bits per heavy atom. The van der Waals surface area contributed by atoms with Crippen LogP contribution in [0.2, 0.25) is 0 Å². The minimum absolute atomic E-state index is 0.135. The van der Waals surface area contributed by atoms with Gasteiger partial charge in [0.05, 0.1) is 5.69 Å². The van der Waals surface area contributed by atoms with Crippen LogP contribution >= 0.6 is 0 Å². The van der Waals surface area contributed by atoms with E-state index in [0.717, 1.165) is 50.6 Å². The first-order valence-corrected chi connectivity index (χ1v) is 17.7. The normalized spacial score (nSPS) is 13.2. The van der Waals surface area contributed by atoms with E-state index in [0.29, 0.717) is 29.0 Å². The summed E-state index contributed by atoms with van der Waals surface area (Å²) in [6, 6.07) is 51.3. The molecule has 0 unspecified atom stereocenters. The number of hydrogen-bond acceptors (Lipinski definition) is 6. The largest absolute Gasteiger partial charge is 0.449 e. The molecule has 1 aliphatic carbocycles. The Hall–Kier alpha value is -6.92. The van der Waals surface area contributed by atoms with Crippen molar-refractivity contribution in [2.75, 3.05) is 0 Å². The molecule has 6 aromatic carbocycles. The lowest BCUT2D eigenvalue weighted by Gasteiger charge is -2.25. The van der Waals surface area contributed by atoms with E-state index in [1.165, 1.54) is 22.3 Å². The molecule has 6 nitrogen and oxygen atoms in total. The molecule has 1 aliphatic heterocycles. The van der Waals surface area contributed by atoms with Gasteiger partial charge in [0, 0.05) is 33.9 Å². The number of ether oxygens (including phenoxy) is 2. The third kappa shape index (κ3) is 5.35. The van der Waals surface area contributed by atoms with Gasteiger partial charge in [-0.3, -0.25) is 4.98 Å². The molecule has 0 saturated carbocycles. The molecule has 10 rings (SSSR count). The fraction of sp³-hybridized carbons (Fsp3) is 0.0638. The van der Waals surface area contributed by atoms with Crippen molar-refractivity contribution in [3.8, 4) is 90.7 Å². The van der Waals surface area contributed by atoms with E-state index in [4.69, 9.17) is 24.4 Å². The fourth-order valence-electron chi connectivity index (χ4n) is 7.50. The monoisotopic (exact) mass is 684 g/mol. The SMILES string of the molecule is CC1(C)c2ccccc2-c2cc3c(cc21)Oc1cc(-c2cccc(-c4nc(-c5ccccc5)nc(-c5cccc(-c6ccccn6)c5)n4)c2)ccc1O3. The van der Waals surface area contributed by atoms with Crippen LogP contribution in [0.3, 0.4) is 0 Å². The van der Waals surface area contributed by atoms with Gasteiger partial charge in [0.25, 0.3) is 0 Å². The lowest BCUT2D eigenvalue weighted by molar-refractivity contribution is 0.359. The van der Waals surface area contributed by atoms with Crippen LogP contribution in [0.5, 0.6) is 23.0 Å². The third-order valence-electron chi connectivity index (χ3n) is 10.2. The lowest BCUT2D eigenvalue weighted by atomic mass is 9.82. The van der Waals surface area contributed by atoms with E-state index in [1.54, 1.807) is 6.20 Å². The zero-order valence-corrected chi connectivity index (χ0v) is 29.1. The molecule has 0 bridgehead atoms. The second-order valence-corrected chi connectivity index (χ2v) is 13.9. The van der Waals surface area contributed by atoms with Crippen LogP contribution in [-0.2, 0) is 5.41 Å². The molecule has 8 aromatic rings. The van der Waals surface area contributed by atoms with E-state index in [1.807, 2.05) is 91.0 Å². The number of aromatic nitrogens is 4. The molecule has 0 radical (unpaired) electrons. The molecule has 2 aromatic heterocycles. The van der Waals surface area contributed by atoms with Crippen LogP contribution in [0.1, 0.15) is 25.0 Å². The Labute approximate surface area is 307 Å². The lowest BCUT2D eigenvalue weighted by Crippen LogP contribution is -2.15. The van der Waals surface area contributed by atoms with Crippen LogP contribution in [0.4, 0.5) is 0 Å². The average molecular weight is 685 g/mol. The van der Waals surface area contributed by atoms with Gasteiger partial charge in [-0.2, -0.15) is 0 Å². The second-order valence-electron chi connectivity index (χ2n) is 13.9. The summed E-state index contributed by atoms with van der Waals surface area (Å²) in [5, 5.41) is 0. The Morgan fingerprint density at radius 1 is 0.396 bits per heavy atom. The number of benzene rings is 6. The predicted octanol–water partition coefficient (Wildman–Crippen LogP) is 11.8. The summed E-state index contributed by atoms with van der Waals surface area (Å²) in [5.74, 6) is 4.59. The van der Waals surface area contributed by atoms with Gasteiger partial charge in [-0.25, -0.2) is 15.0 Å². The van der Waals surface area contributed by atoms with E-state index in [2.05, 4.69) is 79.5 Å². The van der Waals surface area contributed by atoms with Crippen molar-refractivity contribution in [3.63, 3.8) is 0 Å². The van der Waals surface area contributed by atoms with Crippen molar-refractivity contribution in [1.82, 2.24) is 19.9 Å². The van der Waals surface area contributed by atoms with Gasteiger partial charge in [-0.05, 0) is 81.9 Å². The van der Waals surface area contributed by atoms with Crippen LogP contribution in [0.25, 0.3) is 67.7 Å². The van der Waals surface area contributed by atoms with Crippen molar-refractivity contribution in [3.05, 3.63) is 169 Å². The predicted molar refractivity (Wildman–Crippen MR) is 209 cm³/mol. The first-order valence-electron chi connectivity index (χ1n) is 17.7. The number of hydrogen-bond donors (Lipinski definition) is 0. The van der Waals surface area contributed by atoms with E-state index in [9.17, 15) is 0 Å². The molecule has 0 fully saturated rings. The summed E-state index contributed by atoms with van der Waals surface area (Å²) in [6.07, 6.45) is 1.80. The number of fused-ring (bicyclic) bond motifs is 5. The first kappa shape index (κ1) is 30.9. The molecule has 53 heavy (non-hydrogen) atoms. The van der Waals surface area contributed by atoms with Gasteiger partial charge in [0.2, 0.25) is 0 Å². The Bertz CT molecular complexity index is 2710. The molecular weight excluding hydrogens is 653 g/mol.